The third-order valence-electron chi connectivity index (χ3n) is 3.60. The Morgan fingerprint density at radius 3 is 2.33 bits per heavy atom. The molecule has 4 rings (SSSR count). The van der Waals surface area contributed by atoms with Crippen LogP contribution in [0.5, 0.6) is 0 Å². The molecule has 2 saturated carbocycles. The molecule has 3 N–H and O–H groups in total. The van der Waals surface area contributed by atoms with Gasteiger partial charge in [-0.3, -0.25) is 13.9 Å². The van der Waals surface area contributed by atoms with E-state index in [1.807, 2.05) is 0 Å². The monoisotopic (exact) mass is 247 g/mol. The average Bonchev–Trinajstić information content (AvgIpc) is 3.18. The van der Waals surface area contributed by atoms with E-state index in [4.69, 9.17) is 5.73 Å². The number of imidazole rings is 1. The smallest absolute Gasteiger partial charge is 0.333 e. The number of hydrogen-bond donors (Lipinski definition) is 2. The first kappa shape index (κ1) is 9.93. The Balaban J connectivity index is 2.17. The van der Waals surface area contributed by atoms with Crippen LogP contribution < -0.4 is 17.0 Å². The maximum absolute atomic E-state index is 12.4. The first-order chi connectivity index (χ1) is 8.66. The Morgan fingerprint density at radius 1 is 1.11 bits per heavy atom. The summed E-state index contributed by atoms with van der Waals surface area (Å²) < 4.78 is 2.99. The maximum Gasteiger partial charge on any atom is 0.333 e. The number of anilines is 1. The van der Waals surface area contributed by atoms with Crippen LogP contribution in [-0.4, -0.2) is 19.1 Å². The third kappa shape index (κ3) is 1.21. The highest BCUT2D eigenvalue weighted by Crippen LogP contribution is 2.36. The summed E-state index contributed by atoms with van der Waals surface area (Å²) in [5.41, 5.74) is 5.84. The summed E-state index contributed by atoms with van der Waals surface area (Å²) in [5.74, 6) is 0.185. The minimum absolute atomic E-state index is 0.0592. The number of fused-ring (bicyclic) bond motifs is 1. The number of aromatic amines is 1. The molecule has 2 heterocycles. The third-order valence-corrected chi connectivity index (χ3v) is 3.60. The molecule has 94 valence electrons. The molecule has 7 heteroatoms. The molecule has 2 aliphatic carbocycles. The topological polar surface area (TPSA) is 98.7 Å². The van der Waals surface area contributed by atoms with Crippen molar-refractivity contribution in [2.45, 2.75) is 37.8 Å². The second-order valence-electron chi connectivity index (χ2n) is 5.11. The van der Waals surface area contributed by atoms with E-state index >= 15 is 0 Å². The fourth-order valence-corrected chi connectivity index (χ4v) is 2.44. The van der Waals surface area contributed by atoms with Crippen molar-refractivity contribution in [3.8, 4) is 0 Å². The highest BCUT2D eigenvalue weighted by atomic mass is 16.2. The van der Waals surface area contributed by atoms with E-state index < -0.39 is 0 Å². The standard InChI is InChI=1S/C11H13N5O2/c12-10-13-7-8(14-10)15(5-1-2-5)11(18)16(9(7)17)6-3-4-6/h5-6H,1-4H2,(H3,12,13,14). The van der Waals surface area contributed by atoms with Gasteiger partial charge in [-0.25, -0.2) is 4.79 Å². The van der Waals surface area contributed by atoms with Crippen LogP contribution in [0.25, 0.3) is 11.2 Å². The number of hydrogen-bond acceptors (Lipinski definition) is 4. The molecule has 2 fully saturated rings. The molecule has 0 bridgehead atoms. The zero-order chi connectivity index (χ0) is 12.4. The lowest BCUT2D eigenvalue weighted by Gasteiger charge is -2.09. The molecule has 0 radical (unpaired) electrons. The molecule has 0 aromatic carbocycles. The van der Waals surface area contributed by atoms with Crippen molar-refractivity contribution in [3.05, 3.63) is 20.8 Å². The molecular formula is C11H13N5O2. The number of nitrogens with two attached hydrogens (primary N) is 1. The lowest BCUT2D eigenvalue weighted by molar-refractivity contribution is 0.587. The van der Waals surface area contributed by atoms with Crippen molar-refractivity contribution in [3.63, 3.8) is 0 Å². The van der Waals surface area contributed by atoms with Crippen LogP contribution in [0.4, 0.5) is 5.95 Å². The van der Waals surface area contributed by atoms with E-state index in [9.17, 15) is 9.59 Å². The first-order valence-corrected chi connectivity index (χ1v) is 6.19. The molecule has 2 aromatic rings. The summed E-state index contributed by atoms with van der Waals surface area (Å²) in [7, 11) is 0. The van der Waals surface area contributed by atoms with Gasteiger partial charge in [-0.15, -0.1) is 0 Å². The summed E-state index contributed by atoms with van der Waals surface area (Å²) in [6.45, 7) is 0. The van der Waals surface area contributed by atoms with E-state index in [1.165, 1.54) is 4.57 Å². The predicted molar refractivity (Wildman–Crippen MR) is 65.6 cm³/mol. The molecule has 0 unspecified atom stereocenters. The molecule has 0 spiro atoms. The molecule has 0 aliphatic heterocycles. The Morgan fingerprint density at radius 2 is 1.72 bits per heavy atom. The Bertz CT molecular complexity index is 760. The van der Waals surface area contributed by atoms with Gasteiger partial charge in [-0.1, -0.05) is 0 Å². The van der Waals surface area contributed by atoms with Crippen molar-refractivity contribution in [1.82, 2.24) is 19.1 Å². The van der Waals surface area contributed by atoms with Crippen LogP contribution in [0.2, 0.25) is 0 Å². The molecule has 0 saturated heterocycles. The minimum atomic E-state index is -0.293. The van der Waals surface area contributed by atoms with Gasteiger partial charge in [0, 0.05) is 12.1 Å². The fourth-order valence-electron chi connectivity index (χ4n) is 2.44. The summed E-state index contributed by atoms with van der Waals surface area (Å²) in [6.07, 6.45) is 3.72. The number of rotatable bonds is 2. The van der Waals surface area contributed by atoms with Crippen LogP contribution in [0.15, 0.2) is 9.59 Å². The van der Waals surface area contributed by atoms with Crippen LogP contribution in [0.3, 0.4) is 0 Å². The first-order valence-electron chi connectivity index (χ1n) is 6.19. The van der Waals surface area contributed by atoms with E-state index in [-0.39, 0.29) is 29.3 Å². The van der Waals surface area contributed by atoms with E-state index in [0.29, 0.717) is 11.2 Å². The quantitative estimate of drug-likeness (QED) is 0.788. The van der Waals surface area contributed by atoms with Gasteiger partial charge in [0.25, 0.3) is 5.56 Å². The Labute approximate surface area is 101 Å². The predicted octanol–water partition coefficient (Wildman–Crippen LogP) is 0.138. The largest absolute Gasteiger partial charge is 0.369 e. The van der Waals surface area contributed by atoms with Crippen molar-refractivity contribution < 1.29 is 0 Å². The number of H-pyrrole nitrogens is 1. The lowest BCUT2D eigenvalue weighted by atomic mass is 10.4. The van der Waals surface area contributed by atoms with Gasteiger partial charge in [0.2, 0.25) is 0 Å². The van der Waals surface area contributed by atoms with Crippen LogP contribution >= 0.6 is 0 Å². The van der Waals surface area contributed by atoms with Gasteiger partial charge < -0.3 is 10.7 Å². The molecule has 7 nitrogen and oxygen atoms in total. The van der Waals surface area contributed by atoms with Gasteiger partial charge in [0.1, 0.15) is 0 Å². The van der Waals surface area contributed by atoms with Crippen molar-refractivity contribution >= 4 is 17.1 Å². The zero-order valence-corrected chi connectivity index (χ0v) is 9.72. The van der Waals surface area contributed by atoms with Crippen LogP contribution in [0.1, 0.15) is 37.8 Å². The second kappa shape index (κ2) is 3.04. The lowest BCUT2D eigenvalue weighted by Crippen LogP contribution is -2.39. The van der Waals surface area contributed by atoms with Gasteiger partial charge in [-0.05, 0) is 25.7 Å². The zero-order valence-electron chi connectivity index (χ0n) is 9.72. The minimum Gasteiger partial charge on any atom is -0.369 e. The highest BCUT2D eigenvalue weighted by Gasteiger charge is 2.34. The molecule has 2 aromatic heterocycles. The molecule has 2 aliphatic rings. The van der Waals surface area contributed by atoms with Gasteiger partial charge in [0.15, 0.2) is 17.1 Å². The molecular weight excluding hydrogens is 234 g/mol. The summed E-state index contributed by atoms with van der Waals surface area (Å²) in [5, 5.41) is 0. The number of nitrogens with zero attached hydrogens (tertiary/aromatic N) is 3. The van der Waals surface area contributed by atoms with E-state index in [0.717, 1.165) is 25.7 Å². The fraction of sp³-hybridized carbons (Fsp3) is 0.545. The van der Waals surface area contributed by atoms with Crippen molar-refractivity contribution in [2.75, 3.05) is 5.73 Å². The van der Waals surface area contributed by atoms with Crippen molar-refractivity contribution in [1.29, 1.82) is 0 Å². The summed E-state index contributed by atoms with van der Waals surface area (Å²) in [4.78, 5) is 31.5. The number of nitrogens with one attached hydrogen (secondary N) is 1. The molecule has 18 heavy (non-hydrogen) atoms. The SMILES string of the molecule is Nc1nc2c([nH]1)c(=O)n(C1CC1)c(=O)n2C1CC1. The number of aromatic nitrogens is 4. The second-order valence-corrected chi connectivity index (χ2v) is 5.11. The summed E-state index contributed by atoms with van der Waals surface area (Å²) >= 11 is 0. The average molecular weight is 247 g/mol. The highest BCUT2D eigenvalue weighted by molar-refractivity contribution is 5.72. The number of nitrogen functional groups attached to an aromatic ring is 1. The molecule has 0 atom stereocenters. The van der Waals surface area contributed by atoms with Crippen molar-refractivity contribution in [2.24, 2.45) is 0 Å². The maximum atomic E-state index is 12.4. The van der Waals surface area contributed by atoms with Gasteiger partial charge >= 0.3 is 5.69 Å². The normalized spacial score (nSPS) is 19.6. The van der Waals surface area contributed by atoms with E-state index in [1.54, 1.807) is 4.57 Å². The molecule has 0 amide bonds. The Hall–Kier alpha value is -2.05. The Kier molecular flexibility index (Phi) is 1.68. The van der Waals surface area contributed by atoms with E-state index in [2.05, 4.69) is 9.97 Å². The van der Waals surface area contributed by atoms with Gasteiger partial charge in [-0.2, -0.15) is 4.98 Å². The summed E-state index contributed by atoms with van der Waals surface area (Å²) in [6, 6.07) is 0.234. The van der Waals surface area contributed by atoms with Crippen LogP contribution in [-0.2, 0) is 0 Å². The van der Waals surface area contributed by atoms with Crippen LogP contribution in [0, 0.1) is 0 Å². The van der Waals surface area contributed by atoms with Gasteiger partial charge in [0.05, 0.1) is 0 Å².